The topological polar surface area (TPSA) is 71.4 Å². The number of hydrogen-bond acceptors (Lipinski definition) is 4. The van der Waals surface area contributed by atoms with Crippen LogP contribution < -0.4 is 0 Å². The van der Waals surface area contributed by atoms with Gasteiger partial charge < -0.3 is 14.4 Å². The van der Waals surface area contributed by atoms with Crippen LogP contribution in [-0.4, -0.2) is 51.2 Å². The summed E-state index contributed by atoms with van der Waals surface area (Å²) in [5.41, 5.74) is -0.0329. The summed E-state index contributed by atoms with van der Waals surface area (Å²) >= 11 is 0. The molecule has 0 aromatic heterocycles. The van der Waals surface area contributed by atoms with Crippen LogP contribution in [0.4, 0.5) is 9.59 Å². The Labute approximate surface area is 242 Å². The molecule has 1 aromatic rings. The van der Waals surface area contributed by atoms with Crippen LogP contribution in [0.1, 0.15) is 125 Å². The van der Waals surface area contributed by atoms with E-state index >= 15 is 0 Å². The third kappa shape index (κ3) is 8.58. The van der Waals surface area contributed by atoms with Crippen molar-refractivity contribution in [3.63, 3.8) is 0 Å². The molecule has 1 saturated heterocycles. The molecule has 0 N–H and O–H groups in total. The first kappa shape index (κ1) is 31.7. The van der Waals surface area contributed by atoms with Gasteiger partial charge in [-0.2, -0.15) is 0 Å². The Bertz CT molecular complexity index is 1040. The van der Waals surface area contributed by atoms with Crippen molar-refractivity contribution in [1.82, 2.24) is 9.80 Å². The van der Waals surface area contributed by atoms with Crippen LogP contribution in [0.3, 0.4) is 0 Å². The minimum absolute atomic E-state index is 0.320. The summed E-state index contributed by atoms with van der Waals surface area (Å²) in [6.45, 7) is 14.0. The SMILES string of the molecule is CCCCCCCCN1/C(=N/C(=O)OC(C)(C)C)N(C(=O)OC(C)(C)C)/C(=C\c2ccccc2)C12CCCCC2. The molecule has 40 heavy (non-hydrogen) atoms. The van der Waals surface area contributed by atoms with Gasteiger partial charge in [-0.1, -0.05) is 88.6 Å². The minimum Gasteiger partial charge on any atom is -0.443 e. The van der Waals surface area contributed by atoms with E-state index in [4.69, 9.17) is 9.47 Å². The van der Waals surface area contributed by atoms with Gasteiger partial charge in [0.05, 0.1) is 11.2 Å². The molecule has 7 nitrogen and oxygen atoms in total. The fourth-order valence-corrected chi connectivity index (χ4v) is 5.66. The predicted molar refractivity (Wildman–Crippen MR) is 162 cm³/mol. The number of rotatable bonds is 8. The van der Waals surface area contributed by atoms with Gasteiger partial charge in [-0.3, -0.25) is 0 Å². The molecule has 0 atom stereocenters. The zero-order chi connectivity index (χ0) is 29.4. The van der Waals surface area contributed by atoms with Gasteiger partial charge in [0, 0.05) is 6.54 Å². The van der Waals surface area contributed by atoms with Gasteiger partial charge in [0.15, 0.2) is 0 Å². The monoisotopic (exact) mass is 553 g/mol. The molecule has 222 valence electrons. The number of unbranched alkanes of at least 4 members (excludes halogenated alkanes) is 5. The number of benzene rings is 1. The molecule has 1 aromatic carbocycles. The lowest BCUT2D eigenvalue weighted by atomic mass is 9.78. The first-order valence-corrected chi connectivity index (χ1v) is 15.3. The van der Waals surface area contributed by atoms with E-state index in [2.05, 4.69) is 22.9 Å². The summed E-state index contributed by atoms with van der Waals surface area (Å²) in [6, 6.07) is 10.1. The van der Waals surface area contributed by atoms with E-state index < -0.39 is 28.9 Å². The number of amides is 2. The van der Waals surface area contributed by atoms with Crippen LogP contribution in [0.5, 0.6) is 0 Å². The third-order valence-corrected chi connectivity index (χ3v) is 7.36. The maximum Gasteiger partial charge on any atom is 0.437 e. The largest absolute Gasteiger partial charge is 0.443 e. The number of ether oxygens (including phenoxy) is 2. The van der Waals surface area contributed by atoms with E-state index in [9.17, 15) is 9.59 Å². The molecule has 0 bridgehead atoms. The van der Waals surface area contributed by atoms with Gasteiger partial charge >= 0.3 is 12.2 Å². The van der Waals surface area contributed by atoms with Crippen LogP contribution in [0, 0.1) is 0 Å². The zero-order valence-electron chi connectivity index (χ0n) is 25.9. The first-order valence-electron chi connectivity index (χ1n) is 15.3. The van der Waals surface area contributed by atoms with Crippen LogP contribution in [0.15, 0.2) is 41.0 Å². The number of hydrogen-bond donors (Lipinski definition) is 0. The maximum absolute atomic E-state index is 14.0. The highest BCUT2D eigenvalue weighted by Crippen LogP contribution is 2.48. The normalized spacial score (nSPS) is 19.5. The van der Waals surface area contributed by atoms with Crippen molar-refractivity contribution in [3.05, 3.63) is 41.6 Å². The Morgan fingerprint density at radius 1 is 0.875 bits per heavy atom. The lowest BCUT2D eigenvalue weighted by Gasteiger charge is -2.42. The van der Waals surface area contributed by atoms with Crippen LogP contribution in [0.25, 0.3) is 6.08 Å². The van der Waals surface area contributed by atoms with E-state index in [1.165, 1.54) is 25.7 Å². The summed E-state index contributed by atoms with van der Waals surface area (Å²) in [6.07, 6.45) is 12.8. The lowest BCUT2D eigenvalue weighted by molar-refractivity contribution is 0.0408. The zero-order valence-corrected chi connectivity index (χ0v) is 25.9. The highest BCUT2D eigenvalue weighted by molar-refractivity contribution is 6.04. The lowest BCUT2D eigenvalue weighted by Crippen LogP contribution is -2.48. The van der Waals surface area contributed by atoms with E-state index in [1.54, 1.807) is 4.90 Å². The molecule has 1 heterocycles. The van der Waals surface area contributed by atoms with Crippen molar-refractivity contribution >= 4 is 24.2 Å². The minimum atomic E-state index is -0.710. The van der Waals surface area contributed by atoms with Crippen molar-refractivity contribution in [2.45, 2.75) is 136 Å². The molecule has 0 unspecified atom stereocenters. The molecule has 2 aliphatic rings. The number of carbonyl (C=O) groups excluding carboxylic acids is 2. The molecule has 1 spiro atoms. The van der Waals surface area contributed by atoms with E-state index in [0.29, 0.717) is 12.5 Å². The van der Waals surface area contributed by atoms with Gasteiger partial charge in [-0.25, -0.2) is 14.5 Å². The molecule has 2 fully saturated rings. The number of aliphatic imine (C=N–C) groups is 1. The van der Waals surface area contributed by atoms with Crippen molar-refractivity contribution in [1.29, 1.82) is 0 Å². The second kappa shape index (κ2) is 13.7. The third-order valence-electron chi connectivity index (χ3n) is 7.36. The Balaban J connectivity index is 2.15. The fourth-order valence-electron chi connectivity index (χ4n) is 5.66. The molecule has 3 rings (SSSR count). The number of guanidine groups is 1. The van der Waals surface area contributed by atoms with Gasteiger partial charge in [-0.15, -0.1) is 4.99 Å². The van der Waals surface area contributed by atoms with E-state index in [0.717, 1.165) is 56.2 Å². The molecule has 0 radical (unpaired) electrons. The highest BCUT2D eigenvalue weighted by atomic mass is 16.6. The summed E-state index contributed by atoms with van der Waals surface area (Å²) < 4.78 is 11.6. The predicted octanol–water partition coefficient (Wildman–Crippen LogP) is 8.93. The van der Waals surface area contributed by atoms with Crippen LogP contribution in [0.2, 0.25) is 0 Å². The van der Waals surface area contributed by atoms with Crippen LogP contribution in [-0.2, 0) is 9.47 Å². The molecular formula is C33H51N3O4. The van der Waals surface area contributed by atoms with Gasteiger partial charge in [0.25, 0.3) is 0 Å². The van der Waals surface area contributed by atoms with Gasteiger partial charge in [0.2, 0.25) is 5.96 Å². The summed E-state index contributed by atoms with van der Waals surface area (Å²) in [5, 5.41) is 0. The smallest absolute Gasteiger partial charge is 0.437 e. The van der Waals surface area contributed by atoms with Crippen LogP contribution >= 0.6 is 0 Å². The van der Waals surface area contributed by atoms with E-state index in [-0.39, 0.29) is 0 Å². The molecule has 1 saturated carbocycles. The molecule has 1 aliphatic carbocycles. The Hall–Kier alpha value is -2.83. The quantitative estimate of drug-likeness (QED) is 0.301. The van der Waals surface area contributed by atoms with Gasteiger partial charge in [0.1, 0.15) is 11.2 Å². The second-order valence-electron chi connectivity index (χ2n) is 13.2. The summed E-state index contributed by atoms with van der Waals surface area (Å²) in [4.78, 5) is 35.4. The first-order chi connectivity index (χ1) is 18.9. The maximum atomic E-state index is 14.0. The second-order valence-corrected chi connectivity index (χ2v) is 13.2. The molecule has 2 amide bonds. The fraction of sp³-hybridized carbons (Fsp3) is 0.667. The van der Waals surface area contributed by atoms with Crippen molar-refractivity contribution in [2.24, 2.45) is 4.99 Å². The Kier molecular flexibility index (Phi) is 10.8. The standard InChI is InChI=1S/C33H51N3O4/c1-8-9-10-11-12-19-24-35-28(34-29(37)39-31(2,3)4)36(30(38)40-32(5,6)7)27(25-26-20-15-13-16-21-26)33(35)22-17-14-18-23-33/h13,15-16,20-21,25H,8-12,14,17-19,22-24H2,1-7H3/b27-25-,34-28-. The Morgan fingerprint density at radius 3 is 2.08 bits per heavy atom. The number of nitrogens with zero attached hydrogens (tertiary/aromatic N) is 3. The average molecular weight is 554 g/mol. The van der Waals surface area contributed by atoms with E-state index in [1.807, 2.05) is 71.9 Å². The molecule has 1 aliphatic heterocycles. The Morgan fingerprint density at radius 2 is 1.48 bits per heavy atom. The van der Waals surface area contributed by atoms with Crippen molar-refractivity contribution in [3.8, 4) is 0 Å². The van der Waals surface area contributed by atoms with Crippen molar-refractivity contribution in [2.75, 3.05) is 6.54 Å². The molecule has 7 heteroatoms. The number of carbonyl (C=O) groups is 2. The molecular weight excluding hydrogens is 502 g/mol. The highest BCUT2D eigenvalue weighted by Gasteiger charge is 2.55. The average Bonchev–Trinajstić information content (AvgIpc) is 3.08. The summed E-state index contributed by atoms with van der Waals surface area (Å²) in [5.74, 6) is 0.320. The van der Waals surface area contributed by atoms with Crippen molar-refractivity contribution < 1.29 is 19.1 Å². The van der Waals surface area contributed by atoms with Gasteiger partial charge in [-0.05, 0) is 72.4 Å². The summed E-state index contributed by atoms with van der Waals surface area (Å²) in [7, 11) is 0.